The third kappa shape index (κ3) is 5.72. The molecule has 0 fully saturated rings. The van der Waals surface area contributed by atoms with Crippen LogP contribution in [0.4, 0.5) is 0 Å². The Labute approximate surface area is 224 Å². The molecule has 0 spiro atoms. The molecular formula is C33H33NO4. The largest absolute Gasteiger partial charge is 0.496 e. The molecule has 0 aliphatic rings. The molecule has 0 amide bonds. The third-order valence-electron chi connectivity index (χ3n) is 6.48. The van der Waals surface area contributed by atoms with Crippen molar-refractivity contribution in [2.24, 2.45) is 5.41 Å². The van der Waals surface area contributed by atoms with Crippen LogP contribution >= 0.6 is 0 Å². The highest BCUT2D eigenvalue weighted by Gasteiger charge is 2.52. The molecule has 0 saturated heterocycles. The number of carbonyl (C=O) groups excluding carboxylic acids is 1. The summed E-state index contributed by atoms with van der Waals surface area (Å²) in [5, 5.41) is 12.8. The molecular weight excluding hydrogens is 474 g/mol. The van der Waals surface area contributed by atoms with Gasteiger partial charge in [0.25, 0.3) is 0 Å². The van der Waals surface area contributed by atoms with Gasteiger partial charge < -0.3 is 14.2 Å². The first-order valence-electron chi connectivity index (χ1n) is 12.7. The minimum Gasteiger partial charge on any atom is -0.496 e. The quantitative estimate of drug-likeness (QED) is 0.227. The number of benzene rings is 4. The van der Waals surface area contributed by atoms with Gasteiger partial charge in [-0.25, -0.2) is 0 Å². The van der Waals surface area contributed by atoms with E-state index in [9.17, 15) is 10.1 Å². The number of methoxy groups -OCH3 is 1. The normalized spacial score (nSPS) is 13.8. The maximum absolute atomic E-state index is 14.1. The van der Waals surface area contributed by atoms with Crippen molar-refractivity contribution in [2.75, 3.05) is 13.7 Å². The molecule has 0 heterocycles. The summed E-state index contributed by atoms with van der Waals surface area (Å²) in [5.74, 6) is -0.790. The van der Waals surface area contributed by atoms with Crippen molar-refractivity contribution in [1.82, 2.24) is 0 Å². The second-order valence-corrected chi connectivity index (χ2v) is 10.3. The van der Waals surface area contributed by atoms with Crippen molar-refractivity contribution < 1.29 is 19.0 Å². The van der Waals surface area contributed by atoms with Gasteiger partial charge in [-0.1, -0.05) is 91.0 Å². The highest BCUT2D eigenvalue weighted by Crippen LogP contribution is 2.48. The van der Waals surface area contributed by atoms with Crippen LogP contribution in [0.25, 0.3) is 10.8 Å². The van der Waals surface area contributed by atoms with Crippen LogP contribution in [0.5, 0.6) is 5.75 Å². The Hall–Kier alpha value is -4.14. The zero-order valence-electron chi connectivity index (χ0n) is 22.3. The van der Waals surface area contributed by atoms with Crippen LogP contribution in [-0.4, -0.2) is 25.3 Å². The molecule has 5 nitrogen and oxygen atoms in total. The van der Waals surface area contributed by atoms with Crippen LogP contribution in [0.3, 0.4) is 0 Å². The molecule has 0 aliphatic heterocycles. The summed E-state index contributed by atoms with van der Waals surface area (Å²) in [6.45, 7) is 5.48. The van der Waals surface area contributed by atoms with E-state index in [1.54, 1.807) is 27.9 Å². The number of nitriles is 1. The maximum atomic E-state index is 14.1. The van der Waals surface area contributed by atoms with Gasteiger partial charge in [0.2, 0.25) is 0 Å². The maximum Gasteiger partial charge on any atom is 0.330 e. The molecule has 194 valence electrons. The molecule has 0 saturated carbocycles. The van der Waals surface area contributed by atoms with Crippen LogP contribution in [0.2, 0.25) is 0 Å². The molecule has 4 aromatic rings. The van der Waals surface area contributed by atoms with E-state index in [-0.39, 0.29) is 13.2 Å². The van der Waals surface area contributed by atoms with E-state index >= 15 is 0 Å². The van der Waals surface area contributed by atoms with E-state index in [1.165, 1.54) is 0 Å². The molecule has 38 heavy (non-hydrogen) atoms. The van der Waals surface area contributed by atoms with E-state index in [4.69, 9.17) is 14.2 Å². The fraction of sp³-hybridized carbons (Fsp3) is 0.273. The van der Waals surface area contributed by atoms with Gasteiger partial charge in [0.1, 0.15) is 11.4 Å². The Kier molecular flexibility index (Phi) is 8.14. The molecule has 5 heteroatoms. The van der Waals surface area contributed by atoms with Crippen LogP contribution < -0.4 is 4.74 Å². The summed E-state index contributed by atoms with van der Waals surface area (Å²) in [6.07, 6.45) is 0. The van der Waals surface area contributed by atoms with Crippen molar-refractivity contribution >= 4 is 16.7 Å². The minimum absolute atomic E-state index is 0.167. The lowest BCUT2D eigenvalue weighted by Crippen LogP contribution is -2.45. The predicted octanol–water partition coefficient (Wildman–Crippen LogP) is 7.05. The monoisotopic (exact) mass is 507 g/mol. The summed E-state index contributed by atoms with van der Waals surface area (Å²) in [4.78, 5) is 14.1. The first-order valence-corrected chi connectivity index (χ1v) is 12.7. The van der Waals surface area contributed by atoms with Crippen LogP contribution in [0, 0.1) is 16.7 Å². The van der Waals surface area contributed by atoms with Gasteiger partial charge in [-0.3, -0.25) is 4.79 Å². The highest BCUT2D eigenvalue weighted by molar-refractivity contribution is 5.90. The van der Waals surface area contributed by atoms with Crippen LogP contribution in [-0.2, 0) is 20.9 Å². The van der Waals surface area contributed by atoms with Crippen molar-refractivity contribution in [2.45, 2.75) is 38.9 Å². The number of carbonyl (C=O) groups is 1. The number of ether oxygens (including phenoxy) is 3. The molecule has 0 bridgehead atoms. The number of esters is 1. The fourth-order valence-electron chi connectivity index (χ4n) is 4.78. The fourth-order valence-corrected chi connectivity index (χ4v) is 4.78. The van der Waals surface area contributed by atoms with E-state index in [2.05, 4.69) is 6.07 Å². The van der Waals surface area contributed by atoms with E-state index in [0.29, 0.717) is 11.3 Å². The molecule has 4 aromatic carbocycles. The summed E-state index contributed by atoms with van der Waals surface area (Å²) in [5.41, 5.74) is -0.0308. The number of hydrogen-bond acceptors (Lipinski definition) is 5. The Bertz CT molecular complexity index is 1430. The Morgan fingerprint density at radius 3 is 2.18 bits per heavy atom. The summed E-state index contributed by atoms with van der Waals surface area (Å²) < 4.78 is 17.8. The Morgan fingerprint density at radius 2 is 1.47 bits per heavy atom. The van der Waals surface area contributed by atoms with Gasteiger partial charge in [0, 0.05) is 11.5 Å². The average Bonchev–Trinajstić information content (AvgIpc) is 2.92. The molecule has 4 rings (SSSR count). The number of fused-ring (bicyclic) bond motifs is 1. The summed E-state index contributed by atoms with van der Waals surface area (Å²) >= 11 is 0. The van der Waals surface area contributed by atoms with Crippen LogP contribution in [0.15, 0.2) is 97.1 Å². The summed E-state index contributed by atoms with van der Waals surface area (Å²) in [7, 11) is 1.59. The lowest BCUT2D eigenvalue weighted by molar-refractivity contribution is -0.168. The lowest BCUT2D eigenvalue weighted by atomic mass is 9.68. The number of nitrogens with zero attached hydrogens (tertiary/aromatic N) is 1. The van der Waals surface area contributed by atoms with Crippen molar-refractivity contribution in [3.05, 3.63) is 114 Å². The average molecular weight is 508 g/mol. The number of para-hydroxylation sites is 1. The van der Waals surface area contributed by atoms with Gasteiger partial charge in [0.15, 0.2) is 5.41 Å². The standard InChI is InChI=1S/C33H33NO4/c1-32(2,3)38-31(35)33(22-34,23-37-21-24-13-6-5-7-14-24)30(28-18-10-11-20-29(28)36-4)27-19-12-16-25-15-8-9-17-26(25)27/h5-20,30H,21,23H2,1-4H3/t30-,33-/m0/s1. The Morgan fingerprint density at radius 1 is 0.842 bits per heavy atom. The number of hydrogen-bond donors (Lipinski definition) is 0. The first kappa shape index (κ1) is 26.9. The first-order chi connectivity index (χ1) is 18.3. The minimum atomic E-state index is -1.71. The molecule has 0 N–H and O–H groups in total. The van der Waals surface area contributed by atoms with Gasteiger partial charge >= 0.3 is 5.97 Å². The predicted molar refractivity (Wildman–Crippen MR) is 149 cm³/mol. The molecule has 0 radical (unpaired) electrons. The topological polar surface area (TPSA) is 68.5 Å². The summed E-state index contributed by atoms with van der Waals surface area (Å²) in [6, 6.07) is 33.5. The van der Waals surface area contributed by atoms with Gasteiger partial charge in [-0.15, -0.1) is 0 Å². The van der Waals surface area contributed by atoms with Gasteiger partial charge in [-0.05, 0) is 48.7 Å². The number of rotatable bonds is 9. The van der Waals surface area contributed by atoms with E-state index in [1.807, 2.05) is 97.1 Å². The van der Waals surface area contributed by atoms with Crippen molar-refractivity contribution in [3.8, 4) is 11.8 Å². The zero-order chi connectivity index (χ0) is 27.2. The van der Waals surface area contributed by atoms with Crippen LogP contribution in [0.1, 0.15) is 43.4 Å². The second-order valence-electron chi connectivity index (χ2n) is 10.3. The molecule has 0 unspecified atom stereocenters. The smallest absolute Gasteiger partial charge is 0.330 e. The second kappa shape index (κ2) is 11.5. The lowest BCUT2D eigenvalue weighted by Gasteiger charge is -2.36. The van der Waals surface area contributed by atoms with Gasteiger partial charge in [0.05, 0.1) is 26.4 Å². The molecule has 0 aromatic heterocycles. The Balaban J connectivity index is 1.94. The molecule has 0 aliphatic carbocycles. The van der Waals surface area contributed by atoms with E-state index < -0.39 is 22.9 Å². The molecule has 2 atom stereocenters. The third-order valence-corrected chi connectivity index (χ3v) is 6.48. The van der Waals surface area contributed by atoms with Crippen molar-refractivity contribution in [3.63, 3.8) is 0 Å². The van der Waals surface area contributed by atoms with Gasteiger partial charge in [-0.2, -0.15) is 5.26 Å². The zero-order valence-corrected chi connectivity index (χ0v) is 22.3. The highest BCUT2D eigenvalue weighted by atomic mass is 16.6. The van der Waals surface area contributed by atoms with Crippen molar-refractivity contribution in [1.29, 1.82) is 5.26 Å². The van der Waals surface area contributed by atoms with E-state index in [0.717, 1.165) is 21.9 Å². The SMILES string of the molecule is COc1ccccc1[C@H](c1cccc2ccccc12)[C@](C#N)(COCc1ccccc1)C(=O)OC(C)(C)C.